The molecule has 2 heterocycles. The van der Waals surface area contributed by atoms with E-state index in [1.54, 1.807) is 0 Å². The number of rotatable bonds is 10. The molecule has 1 aliphatic heterocycles. The monoisotopic (exact) mass is 567 g/mol. The van der Waals surface area contributed by atoms with Gasteiger partial charge in [0.25, 0.3) is 0 Å². The lowest BCUT2D eigenvalue weighted by molar-refractivity contribution is 0.126. The molecule has 0 saturated carbocycles. The summed E-state index contributed by atoms with van der Waals surface area (Å²) >= 11 is 0. The van der Waals surface area contributed by atoms with E-state index in [0.29, 0.717) is 6.54 Å². The number of hydrogen-bond acceptors (Lipinski definition) is 4. The fourth-order valence-electron chi connectivity index (χ4n) is 4.23. The Morgan fingerprint density at radius 2 is 1.70 bits per heavy atom. The Hall–Kier alpha value is -1.65. The summed E-state index contributed by atoms with van der Waals surface area (Å²) in [4.78, 5) is 9.95. The zero-order valence-corrected chi connectivity index (χ0v) is 23.1. The molecule has 2 N–H and O–H groups in total. The van der Waals surface area contributed by atoms with E-state index in [4.69, 9.17) is 4.99 Å². The molecule has 1 saturated heterocycles. The van der Waals surface area contributed by atoms with Gasteiger partial charge >= 0.3 is 0 Å². The summed E-state index contributed by atoms with van der Waals surface area (Å²) in [6, 6.07) is 10.8. The van der Waals surface area contributed by atoms with Gasteiger partial charge in [0.1, 0.15) is 0 Å². The fourth-order valence-corrected chi connectivity index (χ4v) is 4.23. The minimum atomic E-state index is 0. The molecule has 1 aliphatic rings. The van der Waals surface area contributed by atoms with Gasteiger partial charge in [-0.2, -0.15) is 5.10 Å². The van der Waals surface area contributed by atoms with Crippen molar-refractivity contribution in [1.82, 2.24) is 30.2 Å². The summed E-state index contributed by atoms with van der Waals surface area (Å²) in [7, 11) is 1.99. The van der Waals surface area contributed by atoms with Crippen LogP contribution in [0.3, 0.4) is 0 Å². The number of aromatic nitrogens is 2. The maximum absolute atomic E-state index is 4.77. The molecule has 0 spiro atoms. The smallest absolute Gasteiger partial charge is 0.191 e. The molecular weight excluding hydrogens is 525 g/mol. The van der Waals surface area contributed by atoms with Crippen molar-refractivity contribution in [3.63, 3.8) is 0 Å². The van der Waals surface area contributed by atoms with Crippen LogP contribution in [-0.4, -0.2) is 71.4 Å². The molecule has 2 aromatic rings. The minimum Gasteiger partial charge on any atom is -0.357 e. The highest BCUT2D eigenvalue weighted by Gasteiger charge is 2.16. The molecule has 1 aromatic heterocycles. The minimum absolute atomic E-state index is 0. The molecule has 33 heavy (non-hydrogen) atoms. The zero-order chi connectivity index (χ0) is 22.8. The van der Waals surface area contributed by atoms with Crippen LogP contribution >= 0.6 is 24.0 Å². The first-order valence-electron chi connectivity index (χ1n) is 12.1. The average Bonchev–Trinajstić information content (AvgIpc) is 3.04. The van der Waals surface area contributed by atoms with Crippen molar-refractivity contribution in [1.29, 1.82) is 0 Å². The van der Waals surface area contributed by atoms with Crippen LogP contribution in [0.15, 0.2) is 35.3 Å². The number of benzene rings is 1. The third kappa shape index (κ3) is 8.90. The van der Waals surface area contributed by atoms with Gasteiger partial charge in [0.15, 0.2) is 5.96 Å². The summed E-state index contributed by atoms with van der Waals surface area (Å²) in [6.07, 6.45) is 2.37. The second-order valence-electron chi connectivity index (χ2n) is 8.71. The van der Waals surface area contributed by atoms with E-state index >= 15 is 0 Å². The average molecular weight is 568 g/mol. The molecule has 184 valence electrons. The van der Waals surface area contributed by atoms with Crippen LogP contribution in [0.4, 0.5) is 0 Å². The van der Waals surface area contributed by atoms with E-state index in [-0.39, 0.29) is 24.0 Å². The predicted molar refractivity (Wildman–Crippen MR) is 148 cm³/mol. The van der Waals surface area contributed by atoms with Gasteiger partial charge in [-0.3, -0.25) is 9.58 Å². The summed E-state index contributed by atoms with van der Waals surface area (Å²) in [5.41, 5.74) is 4.88. The van der Waals surface area contributed by atoms with E-state index in [1.807, 2.05) is 11.7 Å². The third-order valence-corrected chi connectivity index (χ3v) is 6.31. The van der Waals surface area contributed by atoms with Crippen molar-refractivity contribution < 1.29 is 0 Å². The third-order valence-electron chi connectivity index (χ3n) is 6.31. The van der Waals surface area contributed by atoms with Crippen molar-refractivity contribution in [2.45, 2.75) is 46.7 Å². The maximum atomic E-state index is 4.77. The van der Waals surface area contributed by atoms with Crippen molar-refractivity contribution in [3.8, 4) is 0 Å². The van der Waals surface area contributed by atoms with Gasteiger partial charge in [-0.1, -0.05) is 30.3 Å². The second kappa shape index (κ2) is 14.6. The lowest BCUT2D eigenvalue weighted by Crippen LogP contribution is -2.46. The lowest BCUT2D eigenvalue weighted by atomic mass is 10.2. The first kappa shape index (κ1) is 27.6. The Morgan fingerprint density at radius 3 is 2.33 bits per heavy atom. The molecule has 0 bridgehead atoms. The summed E-state index contributed by atoms with van der Waals surface area (Å²) in [6.45, 7) is 15.7. The van der Waals surface area contributed by atoms with Gasteiger partial charge in [-0.05, 0) is 45.7 Å². The fraction of sp³-hybridized carbons (Fsp3) is 0.600. The number of guanidine groups is 1. The summed E-state index contributed by atoms with van der Waals surface area (Å²) in [5, 5.41) is 11.3. The van der Waals surface area contributed by atoms with Crippen molar-refractivity contribution in [2.24, 2.45) is 12.0 Å². The molecule has 3 rings (SSSR count). The Balaban J connectivity index is 0.00000385. The van der Waals surface area contributed by atoms with Crippen LogP contribution in [0.25, 0.3) is 0 Å². The summed E-state index contributed by atoms with van der Waals surface area (Å²) in [5.74, 6) is 0.893. The van der Waals surface area contributed by atoms with Crippen LogP contribution in [-0.2, 0) is 20.1 Å². The highest BCUT2D eigenvalue weighted by atomic mass is 127. The van der Waals surface area contributed by atoms with E-state index in [9.17, 15) is 0 Å². The van der Waals surface area contributed by atoms with E-state index in [1.165, 1.54) is 42.9 Å². The van der Waals surface area contributed by atoms with Crippen LogP contribution in [0.1, 0.15) is 42.3 Å². The topological polar surface area (TPSA) is 60.7 Å². The number of unbranched alkanes of at least 4 members (excludes halogenated alkanes) is 1. The molecule has 0 amide bonds. The quantitative estimate of drug-likeness (QED) is 0.200. The molecule has 7 nitrogen and oxygen atoms in total. The van der Waals surface area contributed by atoms with Crippen molar-refractivity contribution >= 4 is 29.9 Å². The van der Waals surface area contributed by atoms with E-state index in [2.05, 4.69) is 76.6 Å². The Kier molecular flexibility index (Phi) is 12.2. The molecule has 1 fully saturated rings. The Labute approximate surface area is 217 Å². The van der Waals surface area contributed by atoms with Gasteiger partial charge in [0.05, 0.1) is 12.2 Å². The number of nitrogens with zero attached hydrogens (tertiary/aromatic N) is 5. The Bertz CT molecular complexity index is 842. The summed E-state index contributed by atoms with van der Waals surface area (Å²) < 4.78 is 1.93. The maximum Gasteiger partial charge on any atom is 0.191 e. The second-order valence-corrected chi connectivity index (χ2v) is 8.71. The molecular formula is C25H42IN7. The largest absolute Gasteiger partial charge is 0.357 e. The number of halogens is 1. The van der Waals surface area contributed by atoms with Crippen molar-refractivity contribution in [3.05, 3.63) is 52.8 Å². The van der Waals surface area contributed by atoms with Gasteiger partial charge in [0.2, 0.25) is 0 Å². The van der Waals surface area contributed by atoms with Crippen molar-refractivity contribution in [2.75, 3.05) is 45.8 Å². The highest BCUT2D eigenvalue weighted by molar-refractivity contribution is 14.0. The van der Waals surface area contributed by atoms with Gasteiger partial charge in [-0.25, -0.2) is 4.99 Å². The zero-order valence-electron chi connectivity index (χ0n) is 20.8. The van der Waals surface area contributed by atoms with Crippen LogP contribution in [0.2, 0.25) is 0 Å². The van der Waals surface area contributed by atoms with Crippen LogP contribution < -0.4 is 10.6 Å². The number of aryl methyl sites for hydroxylation is 2. The van der Waals surface area contributed by atoms with Crippen LogP contribution in [0.5, 0.6) is 0 Å². The van der Waals surface area contributed by atoms with Gasteiger partial charge < -0.3 is 15.5 Å². The highest BCUT2D eigenvalue weighted by Crippen LogP contribution is 2.13. The molecule has 0 atom stereocenters. The molecule has 1 aromatic carbocycles. The first-order chi connectivity index (χ1) is 15.6. The molecule has 8 heteroatoms. The van der Waals surface area contributed by atoms with E-state index < -0.39 is 0 Å². The standard InChI is InChI=1S/C25H41N7.HI/c1-5-26-25(28-19-24-21(2)29-30(4)22(24)3)27-13-9-10-14-31-15-17-32(18-16-31)20-23-11-7-6-8-12-23;/h6-8,11-12H,5,9-10,13-20H2,1-4H3,(H2,26,27,28);1H. The van der Waals surface area contributed by atoms with E-state index in [0.717, 1.165) is 50.8 Å². The molecule has 0 radical (unpaired) electrons. The lowest BCUT2D eigenvalue weighted by Gasteiger charge is -2.34. The number of aliphatic imine (C=N–C) groups is 1. The first-order valence-corrected chi connectivity index (χ1v) is 12.1. The number of nitrogens with one attached hydrogen (secondary N) is 2. The van der Waals surface area contributed by atoms with Gasteiger partial charge in [-0.15, -0.1) is 24.0 Å². The number of hydrogen-bond donors (Lipinski definition) is 2. The SMILES string of the molecule is CCNC(=NCc1c(C)nn(C)c1C)NCCCCN1CCN(Cc2ccccc2)CC1.I. The van der Waals surface area contributed by atoms with Crippen LogP contribution in [0, 0.1) is 13.8 Å². The molecule has 0 unspecified atom stereocenters. The predicted octanol–water partition coefficient (Wildman–Crippen LogP) is 3.31. The normalized spacial score (nSPS) is 15.3. The van der Waals surface area contributed by atoms with Gasteiger partial charge in [0, 0.05) is 64.1 Å². The number of piperazine rings is 1. The Morgan fingerprint density at radius 1 is 1.00 bits per heavy atom. The molecule has 0 aliphatic carbocycles.